The fourth-order valence-corrected chi connectivity index (χ4v) is 3.04. The molecule has 0 unspecified atom stereocenters. The summed E-state index contributed by atoms with van der Waals surface area (Å²) >= 11 is 5.86. The van der Waals surface area contributed by atoms with Gasteiger partial charge in [0.1, 0.15) is 11.6 Å². The third-order valence-electron chi connectivity index (χ3n) is 4.33. The Balaban J connectivity index is 2.38. The minimum Gasteiger partial charge on any atom is -0.494 e. The Hall–Kier alpha value is -2.62. The van der Waals surface area contributed by atoms with E-state index in [-0.39, 0.29) is 41.5 Å². The Bertz CT molecular complexity index is 956. The monoisotopic (exact) mass is 402 g/mol. The van der Waals surface area contributed by atoms with Crippen molar-refractivity contribution < 1.29 is 14.6 Å². The number of nitrogens with zero attached hydrogens (tertiary/aromatic N) is 2. The molecule has 0 saturated carbocycles. The van der Waals surface area contributed by atoms with Crippen molar-refractivity contribution in [3.63, 3.8) is 0 Å². The molecule has 1 aromatic carbocycles. The lowest BCUT2D eigenvalue weighted by atomic mass is 9.97. The second-order valence-corrected chi connectivity index (χ2v) is 7.20. The molecule has 0 spiro atoms. The summed E-state index contributed by atoms with van der Waals surface area (Å²) in [6.45, 7) is 5.84. The molecule has 0 bridgehead atoms. The molecule has 148 valence electrons. The van der Waals surface area contributed by atoms with E-state index in [9.17, 15) is 20.0 Å². The minimum absolute atomic E-state index is 0.00382. The number of halogens is 1. The van der Waals surface area contributed by atoms with Crippen LogP contribution < -0.4 is 5.56 Å². The van der Waals surface area contributed by atoms with Gasteiger partial charge in [0, 0.05) is 24.6 Å². The zero-order chi connectivity index (χ0) is 20.8. The molecule has 2 rings (SSSR count). The number of hydrogen-bond acceptors (Lipinski definition) is 5. The highest BCUT2D eigenvalue weighted by Gasteiger charge is 2.23. The van der Waals surface area contributed by atoms with E-state index in [4.69, 9.17) is 16.3 Å². The summed E-state index contributed by atoms with van der Waals surface area (Å²) in [5.74, 6) is -0.786. The van der Waals surface area contributed by atoms with Crippen LogP contribution in [0.15, 0.2) is 29.1 Å². The third kappa shape index (κ3) is 5.00. The number of ketones is 1. The molecule has 0 radical (unpaired) electrons. The first-order chi connectivity index (χ1) is 13.3. The van der Waals surface area contributed by atoms with Crippen LogP contribution in [0.2, 0.25) is 5.02 Å². The average molecular weight is 403 g/mol. The Kier molecular flexibility index (Phi) is 7.38. The maximum atomic E-state index is 12.8. The fraction of sp³-hybridized carbons (Fsp3) is 0.381. The minimum atomic E-state index is -0.606. The lowest BCUT2D eigenvalue weighted by Gasteiger charge is -2.16. The molecule has 0 aliphatic carbocycles. The normalized spacial score (nSPS) is 10.9. The van der Waals surface area contributed by atoms with Gasteiger partial charge in [-0.1, -0.05) is 23.7 Å². The SMILES string of the molecule is Cc1c(C(=O)Cc2ccc(Cl)cc2)c(O)n(CCCOC(C)C)c(=O)c1C#N. The van der Waals surface area contributed by atoms with Crippen LogP contribution in [-0.4, -0.2) is 28.2 Å². The molecular formula is C21H23ClN2O4. The van der Waals surface area contributed by atoms with Crippen molar-refractivity contribution in [2.45, 2.75) is 46.3 Å². The second kappa shape index (κ2) is 9.54. The molecule has 6 nitrogen and oxygen atoms in total. The number of Topliss-reactive ketones (excluding diaryl/α,β-unsaturated/α-hetero) is 1. The Labute approximate surface area is 168 Å². The van der Waals surface area contributed by atoms with Gasteiger partial charge in [-0.05, 0) is 50.5 Å². The second-order valence-electron chi connectivity index (χ2n) is 6.77. The summed E-state index contributed by atoms with van der Waals surface area (Å²) in [7, 11) is 0. The van der Waals surface area contributed by atoms with Gasteiger partial charge in [0.15, 0.2) is 5.78 Å². The molecular weight excluding hydrogens is 380 g/mol. The number of pyridine rings is 1. The van der Waals surface area contributed by atoms with Crippen LogP contribution in [-0.2, 0) is 17.7 Å². The summed E-state index contributed by atoms with van der Waals surface area (Å²) in [6, 6.07) is 8.65. The van der Waals surface area contributed by atoms with Gasteiger partial charge in [-0.25, -0.2) is 0 Å². The summed E-state index contributed by atoms with van der Waals surface area (Å²) in [5.41, 5.74) is 0.163. The summed E-state index contributed by atoms with van der Waals surface area (Å²) in [5, 5.41) is 20.6. The van der Waals surface area contributed by atoms with E-state index in [0.29, 0.717) is 18.1 Å². The van der Waals surface area contributed by atoms with E-state index < -0.39 is 11.4 Å². The summed E-state index contributed by atoms with van der Waals surface area (Å²) < 4.78 is 6.52. The highest BCUT2D eigenvalue weighted by atomic mass is 35.5. The zero-order valence-electron chi connectivity index (χ0n) is 16.2. The number of carbonyl (C=O) groups excluding carboxylic acids is 1. The standard InChI is InChI=1S/C21H23ClN2O4/c1-13(2)28-10-4-9-24-20(26)17(12-23)14(3)19(21(24)27)18(25)11-15-5-7-16(22)8-6-15/h5-8,13,27H,4,9-11H2,1-3H3. The van der Waals surface area contributed by atoms with Gasteiger partial charge >= 0.3 is 0 Å². The van der Waals surface area contributed by atoms with Crippen molar-refractivity contribution in [2.24, 2.45) is 0 Å². The molecule has 0 fully saturated rings. The molecule has 1 aromatic heterocycles. The van der Waals surface area contributed by atoms with Crippen LogP contribution >= 0.6 is 11.6 Å². The lowest BCUT2D eigenvalue weighted by Crippen LogP contribution is -2.27. The van der Waals surface area contributed by atoms with Crippen molar-refractivity contribution in [1.82, 2.24) is 4.57 Å². The number of rotatable bonds is 8. The molecule has 0 atom stereocenters. The number of nitriles is 1. The van der Waals surface area contributed by atoms with Crippen LogP contribution in [0.5, 0.6) is 5.88 Å². The van der Waals surface area contributed by atoms with E-state index >= 15 is 0 Å². The van der Waals surface area contributed by atoms with Crippen molar-refractivity contribution in [3.8, 4) is 11.9 Å². The molecule has 2 aromatic rings. The number of aromatic hydroxyl groups is 1. The Morgan fingerprint density at radius 1 is 1.32 bits per heavy atom. The van der Waals surface area contributed by atoms with Crippen LogP contribution in [0, 0.1) is 18.3 Å². The quantitative estimate of drug-likeness (QED) is 0.537. The van der Waals surface area contributed by atoms with Crippen LogP contribution in [0.4, 0.5) is 0 Å². The van der Waals surface area contributed by atoms with Gasteiger partial charge in [-0.2, -0.15) is 5.26 Å². The number of aromatic nitrogens is 1. The van der Waals surface area contributed by atoms with Crippen LogP contribution in [0.25, 0.3) is 0 Å². The first-order valence-corrected chi connectivity index (χ1v) is 9.39. The maximum Gasteiger partial charge on any atom is 0.271 e. The third-order valence-corrected chi connectivity index (χ3v) is 4.59. The Morgan fingerprint density at radius 2 is 1.96 bits per heavy atom. The predicted molar refractivity (Wildman–Crippen MR) is 107 cm³/mol. The van der Waals surface area contributed by atoms with E-state index in [1.807, 2.05) is 19.9 Å². The molecule has 28 heavy (non-hydrogen) atoms. The predicted octanol–water partition coefficient (Wildman–Crippen LogP) is 3.63. The van der Waals surface area contributed by atoms with Crippen molar-refractivity contribution >= 4 is 17.4 Å². The smallest absolute Gasteiger partial charge is 0.271 e. The molecule has 0 aliphatic heterocycles. The highest BCUT2D eigenvalue weighted by molar-refractivity contribution is 6.30. The largest absolute Gasteiger partial charge is 0.494 e. The first-order valence-electron chi connectivity index (χ1n) is 9.02. The van der Waals surface area contributed by atoms with E-state index in [0.717, 1.165) is 10.1 Å². The van der Waals surface area contributed by atoms with Gasteiger partial charge < -0.3 is 9.84 Å². The number of hydrogen-bond donors (Lipinski definition) is 1. The Morgan fingerprint density at radius 3 is 2.54 bits per heavy atom. The van der Waals surface area contributed by atoms with Crippen molar-refractivity contribution in [1.29, 1.82) is 5.26 Å². The zero-order valence-corrected chi connectivity index (χ0v) is 16.9. The van der Waals surface area contributed by atoms with Gasteiger partial charge in [0.25, 0.3) is 5.56 Å². The molecule has 0 amide bonds. The number of benzene rings is 1. The van der Waals surface area contributed by atoms with Crippen LogP contribution in [0.1, 0.15) is 47.3 Å². The fourth-order valence-electron chi connectivity index (χ4n) is 2.91. The maximum absolute atomic E-state index is 12.8. The van der Waals surface area contributed by atoms with E-state index in [1.54, 1.807) is 24.3 Å². The lowest BCUT2D eigenvalue weighted by molar-refractivity contribution is 0.0743. The molecule has 7 heteroatoms. The molecule has 0 saturated heterocycles. The van der Waals surface area contributed by atoms with Crippen molar-refractivity contribution in [2.75, 3.05) is 6.61 Å². The summed E-state index contributed by atoms with van der Waals surface area (Å²) in [6.07, 6.45) is 0.532. The number of carbonyl (C=O) groups is 1. The number of ether oxygens (including phenoxy) is 1. The van der Waals surface area contributed by atoms with E-state index in [1.165, 1.54) is 6.92 Å². The van der Waals surface area contributed by atoms with Gasteiger partial charge in [-0.15, -0.1) is 0 Å². The van der Waals surface area contributed by atoms with Gasteiger partial charge in [0.2, 0.25) is 5.88 Å². The topological polar surface area (TPSA) is 92.3 Å². The van der Waals surface area contributed by atoms with Gasteiger partial charge in [0.05, 0.1) is 11.7 Å². The molecule has 1 heterocycles. The molecule has 1 N–H and O–H groups in total. The van der Waals surface area contributed by atoms with Gasteiger partial charge in [-0.3, -0.25) is 14.2 Å². The van der Waals surface area contributed by atoms with Crippen molar-refractivity contribution in [3.05, 3.63) is 61.9 Å². The van der Waals surface area contributed by atoms with Crippen LogP contribution in [0.3, 0.4) is 0 Å². The molecule has 0 aliphatic rings. The van der Waals surface area contributed by atoms with E-state index in [2.05, 4.69) is 0 Å². The first kappa shape index (κ1) is 21.7. The highest BCUT2D eigenvalue weighted by Crippen LogP contribution is 2.24. The average Bonchev–Trinajstić information content (AvgIpc) is 2.63. The summed E-state index contributed by atoms with van der Waals surface area (Å²) in [4.78, 5) is 25.4.